The first-order valence-electron chi connectivity index (χ1n) is 4.11. The highest BCUT2D eigenvalue weighted by molar-refractivity contribution is 9.10. The van der Waals surface area contributed by atoms with Gasteiger partial charge in [-0.1, -0.05) is 22.0 Å². The predicted molar refractivity (Wildman–Crippen MR) is 58.7 cm³/mol. The Balaban J connectivity index is 2.52. The van der Waals surface area contributed by atoms with E-state index in [1.165, 1.54) is 5.56 Å². The second-order valence-electron chi connectivity index (χ2n) is 3.03. The van der Waals surface area contributed by atoms with Crippen LogP contribution in [0.3, 0.4) is 0 Å². The topological polar surface area (TPSA) is 67.6 Å². The van der Waals surface area contributed by atoms with Gasteiger partial charge in [-0.05, 0) is 24.6 Å². The molecule has 0 saturated carbocycles. The monoisotopic (exact) mass is 252 g/mol. The predicted octanol–water partition coefficient (Wildman–Crippen LogP) is 2.12. The van der Waals surface area contributed by atoms with Gasteiger partial charge in [0, 0.05) is 10.0 Å². The third kappa shape index (κ3) is 1.63. The van der Waals surface area contributed by atoms with Crippen molar-refractivity contribution in [3.8, 4) is 11.4 Å². The van der Waals surface area contributed by atoms with Crippen LogP contribution in [0.1, 0.15) is 5.56 Å². The van der Waals surface area contributed by atoms with Crippen molar-refractivity contribution in [1.82, 2.24) is 15.2 Å². The van der Waals surface area contributed by atoms with Crippen LogP contribution in [0.4, 0.5) is 5.95 Å². The molecule has 0 bridgehead atoms. The van der Waals surface area contributed by atoms with E-state index >= 15 is 0 Å². The SMILES string of the molecule is Cc1ccc(-c2nc(N)n[nH]2)c(Br)c1. The molecule has 0 amide bonds. The number of nitrogen functional groups attached to an aromatic ring is 1. The molecule has 14 heavy (non-hydrogen) atoms. The van der Waals surface area contributed by atoms with E-state index in [1.807, 2.05) is 25.1 Å². The summed E-state index contributed by atoms with van der Waals surface area (Å²) in [5.74, 6) is 0.932. The van der Waals surface area contributed by atoms with Crippen LogP contribution in [-0.2, 0) is 0 Å². The Labute approximate surface area is 89.7 Å². The first-order valence-corrected chi connectivity index (χ1v) is 4.90. The third-order valence-electron chi connectivity index (χ3n) is 1.88. The molecular formula is C9H9BrN4. The zero-order valence-electron chi connectivity index (χ0n) is 7.58. The highest BCUT2D eigenvalue weighted by Gasteiger charge is 2.06. The van der Waals surface area contributed by atoms with Crippen molar-refractivity contribution in [3.05, 3.63) is 28.2 Å². The molecule has 0 saturated heterocycles. The van der Waals surface area contributed by atoms with E-state index in [-0.39, 0.29) is 5.95 Å². The van der Waals surface area contributed by atoms with Crippen LogP contribution in [0.15, 0.2) is 22.7 Å². The molecule has 1 aromatic carbocycles. The molecule has 0 radical (unpaired) electrons. The molecule has 0 aliphatic carbocycles. The number of aromatic amines is 1. The van der Waals surface area contributed by atoms with Gasteiger partial charge in [-0.15, -0.1) is 5.10 Å². The standard InChI is InChI=1S/C9H9BrN4/c1-5-2-3-6(7(10)4-5)8-12-9(11)14-13-8/h2-4H,1H3,(H3,11,12,13,14). The maximum Gasteiger partial charge on any atom is 0.239 e. The number of H-pyrrole nitrogens is 1. The maximum atomic E-state index is 5.43. The average molecular weight is 253 g/mol. The second-order valence-corrected chi connectivity index (χ2v) is 3.88. The quantitative estimate of drug-likeness (QED) is 0.817. The Morgan fingerprint density at radius 3 is 2.79 bits per heavy atom. The van der Waals surface area contributed by atoms with Gasteiger partial charge in [0.1, 0.15) is 0 Å². The number of aryl methyl sites for hydroxylation is 1. The molecule has 0 aliphatic rings. The molecule has 0 spiro atoms. The van der Waals surface area contributed by atoms with E-state index in [0.29, 0.717) is 5.82 Å². The van der Waals surface area contributed by atoms with Crippen LogP contribution >= 0.6 is 15.9 Å². The zero-order chi connectivity index (χ0) is 10.1. The van der Waals surface area contributed by atoms with Crippen LogP contribution in [0, 0.1) is 6.92 Å². The Bertz CT molecular complexity index is 464. The number of anilines is 1. The minimum absolute atomic E-state index is 0.257. The van der Waals surface area contributed by atoms with E-state index in [4.69, 9.17) is 5.73 Å². The van der Waals surface area contributed by atoms with Crippen LogP contribution < -0.4 is 5.73 Å². The van der Waals surface area contributed by atoms with Gasteiger partial charge >= 0.3 is 0 Å². The molecule has 3 N–H and O–H groups in total. The highest BCUT2D eigenvalue weighted by Crippen LogP contribution is 2.26. The third-order valence-corrected chi connectivity index (χ3v) is 2.54. The molecule has 0 unspecified atom stereocenters. The number of benzene rings is 1. The molecule has 5 heteroatoms. The summed E-state index contributed by atoms with van der Waals surface area (Å²) >= 11 is 3.46. The Morgan fingerprint density at radius 1 is 1.43 bits per heavy atom. The first kappa shape index (κ1) is 9.21. The molecule has 0 atom stereocenters. The fraction of sp³-hybridized carbons (Fsp3) is 0.111. The fourth-order valence-corrected chi connectivity index (χ4v) is 1.89. The lowest BCUT2D eigenvalue weighted by Crippen LogP contribution is -1.86. The number of halogens is 1. The van der Waals surface area contributed by atoms with Gasteiger partial charge in [0.25, 0.3) is 0 Å². The summed E-state index contributed by atoms with van der Waals surface area (Å²) in [4.78, 5) is 4.05. The van der Waals surface area contributed by atoms with Crippen molar-refractivity contribution in [2.24, 2.45) is 0 Å². The number of hydrogen-bond acceptors (Lipinski definition) is 3. The lowest BCUT2D eigenvalue weighted by atomic mass is 10.1. The van der Waals surface area contributed by atoms with Crippen LogP contribution in [0.2, 0.25) is 0 Å². The van der Waals surface area contributed by atoms with Crippen molar-refractivity contribution in [3.63, 3.8) is 0 Å². The molecule has 1 heterocycles. The summed E-state index contributed by atoms with van der Waals surface area (Å²) in [6.45, 7) is 2.03. The van der Waals surface area contributed by atoms with Gasteiger partial charge in [0.15, 0.2) is 5.82 Å². The van der Waals surface area contributed by atoms with Crippen LogP contribution in [0.25, 0.3) is 11.4 Å². The summed E-state index contributed by atoms with van der Waals surface area (Å²) < 4.78 is 0.980. The normalized spacial score (nSPS) is 10.4. The first-order chi connectivity index (χ1) is 6.66. The average Bonchev–Trinajstić information content (AvgIpc) is 2.51. The van der Waals surface area contributed by atoms with Crippen LogP contribution in [0.5, 0.6) is 0 Å². The summed E-state index contributed by atoms with van der Waals surface area (Å²) in [5.41, 5.74) is 7.57. The van der Waals surface area contributed by atoms with Gasteiger partial charge in [0.2, 0.25) is 5.95 Å². The molecule has 72 valence electrons. The van der Waals surface area contributed by atoms with E-state index in [1.54, 1.807) is 0 Å². The number of nitrogens with zero attached hydrogens (tertiary/aromatic N) is 2. The molecule has 2 rings (SSSR count). The number of rotatable bonds is 1. The van der Waals surface area contributed by atoms with Gasteiger partial charge in [0.05, 0.1) is 0 Å². The van der Waals surface area contributed by atoms with E-state index in [2.05, 4.69) is 31.1 Å². The Hall–Kier alpha value is -1.36. The number of hydrogen-bond donors (Lipinski definition) is 2. The smallest absolute Gasteiger partial charge is 0.239 e. The van der Waals surface area contributed by atoms with Crippen LogP contribution in [-0.4, -0.2) is 15.2 Å². The minimum Gasteiger partial charge on any atom is -0.366 e. The molecule has 0 aliphatic heterocycles. The molecule has 1 aromatic heterocycles. The van der Waals surface area contributed by atoms with E-state index in [0.717, 1.165) is 10.0 Å². The number of nitrogens with one attached hydrogen (secondary N) is 1. The lowest BCUT2D eigenvalue weighted by Gasteiger charge is -2.00. The Kier molecular flexibility index (Phi) is 2.25. The minimum atomic E-state index is 0.257. The largest absolute Gasteiger partial charge is 0.366 e. The van der Waals surface area contributed by atoms with Gasteiger partial charge < -0.3 is 5.73 Å². The maximum absolute atomic E-state index is 5.43. The molecule has 4 nitrogen and oxygen atoms in total. The molecule has 0 fully saturated rings. The van der Waals surface area contributed by atoms with Gasteiger partial charge in [-0.2, -0.15) is 4.98 Å². The van der Waals surface area contributed by atoms with E-state index in [9.17, 15) is 0 Å². The lowest BCUT2D eigenvalue weighted by molar-refractivity contribution is 1.10. The molecular weight excluding hydrogens is 244 g/mol. The van der Waals surface area contributed by atoms with E-state index < -0.39 is 0 Å². The van der Waals surface area contributed by atoms with Crippen molar-refractivity contribution in [2.45, 2.75) is 6.92 Å². The summed E-state index contributed by atoms with van der Waals surface area (Å²) in [6, 6.07) is 6.01. The van der Waals surface area contributed by atoms with Gasteiger partial charge in [-0.25, -0.2) is 0 Å². The zero-order valence-corrected chi connectivity index (χ0v) is 9.17. The van der Waals surface area contributed by atoms with Crippen molar-refractivity contribution >= 4 is 21.9 Å². The van der Waals surface area contributed by atoms with Crippen molar-refractivity contribution in [1.29, 1.82) is 0 Å². The summed E-state index contributed by atoms with van der Waals surface area (Å²) in [6.07, 6.45) is 0. The molecule has 2 aromatic rings. The second kappa shape index (κ2) is 3.42. The van der Waals surface area contributed by atoms with Crippen molar-refractivity contribution in [2.75, 3.05) is 5.73 Å². The van der Waals surface area contributed by atoms with Crippen molar-refractivity contribution < 1.29 is 0 Å². The fourth-order valence-electron chi connectivity index (χ4n) is 1.21. The number of aromatic nitrogens is 3. The van der Waals surface area contributed by atoms with Gasteiger partial charge in [-0.3, -0.25) is 5.10 Å². The number of nitrogens with two attached hydrogens (primary N) is 1. The summed E-state index contributed by atoms with van der Waals surface area (Å²) in [7, 11) is 0. The summed E-state index contributed by atoms with van der Waals surface area (Å²) in [5, 5.41) is 6.54. The highest BCUT2D eigenvalue weighted by atomic mass is 79.9. The Morgan fingerprint density at radius 2 is 2.21 bits per heavy atom.